The van der Waals surface area contributed by atoms with Gasteiger partial charge in [0.05, 0.1) is 0 Å². The smallest absolute Gasteiger partial charge is 0.165 e. The van der Waals surface area contributed by atoms with Gasteiger partial charge in [-0.15, -0.1) is 45.3 Å². The molecule has 1 aliphatic carbocycles. The summed E-state index contributed by atoms with van der Waals surface area (Å²) in [5.74, 6) is 4.06. The van der Waals surface area contributed by atoms with Crippen molar-refractivity contribution in [2.24, 2.45) is 25.0 Å². The summed E-state index contributed by atoms with van der Waals surface area (Å²) in [4.78, 5) is 38.1. The van der Waals surface area contributed by atoms with Crippen molar-refractivity contribution in [1.29, 1.82) is 0 Å². The van der Waals surface area contributed by atoms with Crippen molar-refractivity contribution >= 4 is 103 Å². The molecule has 4 aliphatic rings. The zero-order valence-corrected chi connectivity index (χ0v) is 34.9. The highest BCUT2D eigenvalue weighted by Gasteiger charge is 2.38. The van der Waals surface area contributed by atoms with Crippen molar-refractivity contribution in [2.45, 2.75) is 5.60 Å². The molecule has 0 fully saturated rings. The van der Waals surface area contributed by atoms with Crippen LogP contribution in [-0.2, 0) is 5.60 Å². The Morgan fingerprint density at radius 2 is 1.15 bits per heavy atom. The number of allylic oxidation sites excluding steroid dienone is 1. The van der Waals surface area contributed by atoms with Crippen LogP contribution < -0.4 is 16.0 Å². The van der Waals surface area contributed by atoms with Crippen LogP contribution in [0.5, 0.6) is 0 Å². The molecule has 6 aromatic heterocycles. The van der Waals surface area contributed by atoms with Crippen molar-refractivity contribution < 1.29 is 5.11 Å². The highest BCUT2D eigenvalue weighted by atomic mass is 32.1. The second-order valence-corrected chi connectivity index (χ2v) is 18.6. The number of hydrogen-bond donors (Lipinski definition) is 4. The summed E-state index contributed by atoms with van der Waals surface area (Å²) in [6.45, 7) is 0. The number of fused-ring (bicyclic) bond motifs is 18. The number of amidine groups is 4. The van der Waals surface area contributed by atoms with Gasteiger partial charge in [-0.2, -0.15) is 0 Å². The molecule has 4 N–H and O–H groups in total. The van der Waals surface area contributed by atoms with E-state index in [2.05, 4.69) is 122 Å². The van der Waals surface area contributed by atoms with E-state index in [1.165, 1.54) is 11.3 Å². The first-order chi connectivity index (χ1) is 30.1. The summed E-state index contributed by atoms with van der Waals surface area (Å²) in [5.41, 5.74) is 6.31. The van der Waals surface area contributed by atoms with Crippen LogP contribution in [0.4, 0.5) is 17.5 Å². The first-order valence-electron chi connectivity index (χ1n) is 19.5. The van der Waals surface area contributed by atoms with E-state index in [0.29, 0.717) is 46.0 Å². The molecule has 1 atom stereocenters. The normalized spacial score (nSPS) is 17.1. The quantitative estimate of drug-likeness (QED) is 0.141. The molecule has 0 saturated heterocycles. The molecular weight excluding hydrogens is 833 g/mol. The van der Waals surface area contributed by atoms with Crippen molar-refractivity contribution in [1.82, 2.24) is 9.97 Å². The van der Waals surface area contributed by atoms with Crippen LogP contribution in [0, 0.1) is 0 Å². The number of benzene rings is 3. The van der Waals surface area contributed by atoms with E-state index in [4.69, 9.17) is 25.0 Å². The van der Waals surface area contributed by atoms with Crippen molar-refractivity contribution in [2.75, 3.05) is 5.32 Å². The number of rotatable bonds is 4. The van der Waals surface area contributed by atoms with Crippen molar-refractivity contribution in [3.8, 4) is 31.3 Å². The maximum absolute atomic E-state index is 12.7. The van der Waals surface area contributed by atoms with Gasteiger partial charge in [-0.25, -0.2) is 25.0 Å². The van der Waals surface area contributed by atoms with Crippen LogP contribution in [0.3, 0.4) is 0 Å². The zero-order chi connectivity index (χ0) is 40.2. The molecule has 0 amide bonds. The van der Waals surface area contributed by atoms with Crippen LogP contribution in [0.15, 0.2) is 162 Å². The van der Waals surface area contributed by atoms with Crippen LogP contribution >= 0.6 is 45.3 Å². The molecular formula is C48H28N8OS4. The number of thiophene rings is 4. The zero-order valence-electron chi connectivity index (χ0n) is 31.7. The Morgan fingerprint density at radius 3 is 1.87 bits per heavy atom. The summed E-state index contributed by atoms with van der Waals surface area (Å²) < 4.78 is 0. The van der Waals surface area contributed by atoms with Crippen LogP contribution in [0.1, 0.15) is 32.7 Å². The summed E-state index contributed by atoms with van der Waals surface area (Å²) >= 11 is 6.53. The predicted molar refractivity (Wildman–Crippen MR) is 253 cm³/mol. The summed E-state index contributed by atoms with van der Waals surface area (Å²) in [6, 6.07) is 35.3. The fraction of sp³-hybridized carbons (Fsp3) is 0.0208. The molecule has 13 heteroatoms. The third-order valence-corrected chi connectivity index (χ3v) is 15.2. The number of nitrogens with zero attached hydrogens (tertiary/aromatic N) is 5. The van der Waals surface area contributed by atoms with Gasteiger partial charge in [-0.1, -0.05) is 91.0 Å². The molecule has 3 aromatic carbocycles. The maximum atomic E-state index is 12.7. The number of aromatic amines is 2. The van der Waals surface area contributed by atoms with Crippen LogP contribution in [-0.4, -0.2) is 38.4 Å². The second kappa shape index (κ2) is 13.3. The Kier molecular flexibility index (Phi) is 7.63. The molecule has 9 aromatic rings. The van der Waals surface area contributed by atoms with Crippen molar-refractivity contribution in [3.63, 3.8) is 0 Å². The topological polar surface area (TPSA) is 126 Å². The van der Waals surface area contributed by atoms with Gasteiger partial charge in [-0.05, 0) is 51.9 Å². The van der Waals surface area contributed by atoms with Gasteiger partial charge < -0.3 is 20.4 Å². The lowest BCUT2D eigenvalue weighted by molar-refractivity contribution is 0.138. The molecule has 13 rings (SSSR count). The number of nitrogens with one attached hydrogen (secondary N) is 3. The van der Waals surface area contributed by atoms with E-state index in [-0.39, 0.29) is 0 Å². The second-order valence-electron chi connectivity index (χ2n) is 14.8. The Labute approximate surface area is 363 Å². The van der Waals surface area contributed by atoms with Gasteiger partial charge >= 0.3 is 0 Å². The average Bonchev–Trinajstić information content (AvgIpc) is 4.13. The van der Waals surface area contributed by atoms with E-state index in [1.54, 1.807) is 34.0 Å². The highest BCUT2D eigenvalue weighted by molar-refractivity contribution is 7.14. The van der Waals surface area contributed by atoms with Gasteiger partial charge in [0.1, 0.15) is 34.4 Å². The number of aliphatic imine (C=N–C) groups is 4. The van der Waals surface area contributed by atoms with Gasteiger partial charge in [0.2, 0.25) is 0 Å². The number of aliphatic hydroxyl groups is 1. The molecule has 290 valence electrons. The van der Waals surface area contributed by atoms with Crippen LogP contribution in [0.25, 0.3) is 48.2 Å². The molecule has 0 saturated carbocycles. The molecule has 1 unspecified atom stereocenters. The Morgan fingerprint density at radius 1 is 0.525 bits per heavy atom. The molecule has 9 heterocycles. The van der Waals surface area contributed by atoms with Gasteiger partial charge in [0.25, 0.3) is 0 Å². The summed E-state index contributed by atoms with van der Waals surface area (Å²) in [7, 11) is 0. The minimum Gasteiger partial charge on any atom is -0.376 e. The SMILES string of the molecule is OC1(c2cccs2)C=CC=c2c1c1[nH]c2=NC2=NC(=Nc3[nH]c(c4cccc(-c5cccs5)c34)NC3=NC(=N1)c1cccc(-c4cccs4)c13)c1cccc(-c3cccs3)c12. The van der Waals surface area contributed by atoms with Gasteiger partial charge in [0, 0.05) is 80.0 Å². The highest BCUT2D eigenvalue weighted by Crippen LogP contribution is 2.44. The van der Waals surface area contributed by atoms with E-state index in [0.717, 1.165) is 80.3 Å². The lowest BCUT2D eigenvalue weighted by Gasteiger charge is -2.25. The lowest BCUT2D eigenvalue weighted by atomic mass is 9.89. The lowest BCUT2D eigenvalue weighted by Crippen LogP contribution is -2.36. The number of H-pyrrole nitrogens is 2. The fourth-order valence-corrected chi connectivity index (χ4v) is 11.9. The molecule has 8 bridgehead atoms. The number of anilines is 1. The molecule has 0 radical (unpaired) electrons. The maximum Gasteiger partial charge on any atom is 0.165 e. The monoisotopic (exact) mass is 860 g/mol. The Balaban J connectivity index is 1.16. The third kappa shape index (κ3) is 5.28. The van der Waals surface area contributed by atoms with Gasteiger partial charge in [-0.3, -0.25) is 0 Å². The minimum absolute atomic E-state index is 0.456. The van der Waals surface area contributed by atoms with Crippen molar-refractivity contribution in [3.05, 3.63) is 180 Å². The summed E-state index contributed by atoms with van der Waals surface area (Å²) in [6.07, 6.45) is 5.69. The van der Waals surface area contributed by atoms with E-state index in [9.17, 15) is 5.11 Å². The first kappa shape index (κ1) is 34.9. The fourth-order valence-electron chi connectivity index (χ4n) is 8.82. The molecule has 3 aliphatic heterocycles. The third-order valence-electron chi connectivity index (χ3n) is 11.4. The van der Waals surface area contributed by atoms with E-state index < -0.39 is 5.60 Å². The largest absolute Gasteiger partial charge is 0.376 e. The predicted octanol–water partition coefficient (Wildman–Crippen LogP) is 10.8. The van der Waals surface area contributed by atoms with Gasteiger partial charge in [0.15, 0.2) is 17.5 Å². The standard InChI is InChI=1S/C48H28N8OS4/c57-48(35-19-8-24-61-35)20-4-15-31-39(48)47-55-42-30-14-3-11-27(34-18-7-23-60-34)38(30)45(53-42)51-40-28-12-1-9-25(32-16-5-21-58-32)36(28)44(49-40)50-41-29-13-2-10-26(33-17-6-22-59-33)37(29)46(52-41)54-43(31)56-47/h1-24,49,57H,(H,51,53,55)(H,50,52,54,56). The Bertz CT molecular complexity index is 3570. The molecule has 0 spiro atoms. The number of aromatic nitrogens is 2. The minimum atomic E-state index is -1.49. The van der Waals surface area contributed by atoms with Crippen LogP contribution in [0.2, 0.25) is 0 Å². The molecule has 61 heavy (non-hydrogen) atoms. The first-order valence-corrected chi connectivity index (χ1v) is 23.0. The Hall–Kier alpha value is -6.87. The average molecular weight is 861 g/mol. The van der Waals surface area contributed by atoms with E-state index in [1.807, 2.05) is 35.7 Å². The van der Waals surface area contributed by atoms with E-state index >= 15 is 0 Å². The number of hydrogen-bond acceptors (Lipinski definition) is 11. The molecule has 9 nitrogen and oxygen atoms in total. The summed E-state index contributed by atoms with van der Waals surface area (Å²) in [5, 5.41) is 27.4.